The van der Waals surface area contributed by atoms with Crippen LogP contribution in [0.1, 0.15) is 72.6 Å². The van der Waals surface area contributed by atoms with Crippen LogP contribution in [0.3, 0.4) is 0 Å². The number of carboxylic acid groups (broad SMARTS) is 3. The number of aliphatic carboxylic acids is 3. The topological polar surface area (TPSA) is 112 Å². The number of hydrogen-bond acceptors (Lipinski definition) is 3. The highest BCUT2D eigenvalue weighted by Crippen LogP contribution is 2.73. The number of rotatable bonds is 5. The van der Waals surface area contributed by atoms with Crippen molar-refractivity contribution in [2.75, 3.05) is 0 Å². The second kappa shape index (κ2) is 7.08. The van der Waals surface area contributed by atoms with Gasteiger partial charge in [0, 0.05) is 5.41 Å². The molecule has 5 aliphatic rings. The summed E-state index contributed by atoms with van der Waals surface area (Å²) in [7, 11) is 0. The smallest absolute Gasteiger partial charge is 0.309 e. The largest absolute Gasteiger partial charge is 0.481 e. The van der Waals surface area contributed by atoms with E-state index in [1.54, 1.807) is 0 Å². The van der Waals surface area contributed by atoms with Crippen LogP contribution in [0, 0.1) is 51.8 Å². The molecule has 5 rings (SSSR count). The molecule has 0 aromatic heterocycles. The highest BCUT2D eigenvalue weighted by atomic mass is 16.4. The number of carboxylic acids is 3. The predicted molar refractivity (Wildman–Crippen MR) is 114 cm³/mol. The maximum Gasteiger partial charge on any atom is 0.309 e. The molecule has 8 unspecified atom stereocenters. The molecule has 0 aliphatic heterocycles. The summed E-state index contributed by atoms with van der Waals surface area (Å²) in [6.07, 6.45) is 7.02. The van der Waals surface area contributed by atoms with Gasteiger partial charge in [-0.25, -0.2) is 0 Å². The van der Waals surface area contributed by atoms with Crippen LogP contribution in [-0.2, 0) is 14.4 Å². The Labute approximate surface area is 184 Å². The lowest BCUT2D eigenvalue weighted by molar-refractivity contribution is -0.209. The zero-order valence-corrected chi connectivity index (χ0v) is 19.1. The van der Waals surface area contributed by atoms with Gasteiger partial charge in [0.25, 0.3) is 0 Å². The van der Waals surface area contributed by atoms with E-state index < -0.39 is 40.6 Å². The summed E-state index contributed by atoms with van der Waals surface area (Å²) < 4.78 is 0. The fraction of sp³-hybridized carbons (Fsp3) is 0.800. The van der Waals surface area contributed by atoms with E-state index in [1.807, 2.05) is 6.92 Å². The van der Waals surface area contributed by atoms with Crippen LogP contribution in [0.15, 0.2) is 11.6 Å². The molecule has 3 N–H and O–H groups in total. The molecule has 6 nitrogen and oxygen atoms in total. The Hall–Kier alpha value is -1.85. The molecule has 3 fully saturated rings. The van der Waals surface area contributed by atoms with E-state index in [9.17, 15) is 29.7 Å². The van der Waals surface area contributed by atoms with Crippen molar-refractivity contribution in [3.8, 4) is 0 Å². The van der Waals surface area contributed by atoms with E-state index in [0.29, 0.717) is 32.1 Å². The highest BCUT2D eigenvalue weighted by Gasteiger charge is 2.71. The molecule has 31 heavy (non-hydrogen) atoms. The Balaban J connectivity index is 1.90. The molecule has 0 heterocycles. The van der Waals surface area contributed by atoms with Crippen molar-refractivity contribution >= 4 is 17.9 Å². The lowest BCUT2D eigenvalue weighted by Gasteiger charge is -2.69. The summed E-state index contributed by atoms with van der Waals surface area (Å²) in [5.74, 6) is -4.71. The first-order valence-electron chi connectivity index (χ1n) is 11.9. The molecule has 172 valence electrons. The van der Waals surface area contributed by atoms with Crippen molar-refractivity contribution in [3.05, 3.63) is 11.6 Å². The first-order valence-corrected chi connectivity index (χ1v) is 11.9. The molecule has 0 amide bonds. The van der Waals surface area contributed by atoms with Gasteiger partial charge in [-0.05, 0) is 67.6 Å². The molecule has 1 spiro atoms. The van der Waals surface area contributed by atoms with E-state index in [0.717, 1.165) is 18.4 Å². The fourth-order valence-corrected chi connectivity index (χ4v) is 8.94. The monoisotopic (exact) mass is 432 g/mol. The third-order valence-electron chi connectivity index (χ3n) is 10.1. The van der Waals surface area contributed by atoms with Crippen LogP contribution >= 0.6 is 0 Å². The van der Waals surface area contributed by atoms with Gasteiger partial charge in [0.2, 0.25) is 0 Å². The molecule has 2 bridgehead atoms. The molecular formula is C25H36O6. The quantitative estimate of drug-likeness (QED) is 0.544. The third kappa shape index (κ3) is 2.72. The Kier molecular flexibility index (Phi) is 5.10. The van der Waals surface area contributed by atoms with E-state index in [-0.39, 0.29) is 29.1 Å². The van der Waals surface area contributed by atoms with Crippen LogP contribution in [0.2, 0.25) is 0 Å². The second-order valence-corrected chi connectivity index (χ2v) is 11.3. The Morgan fingerprint density at radius 2 is 1.74 bits per heavy atom. The van der Waals surface area contributed by atoms with Crippen molar-refractivity contribution in [3.63, 3.8) is 0 Å². The minimum Gasteiger partial charge on any atom is -0.481 e. The van der Waals surface area contributed by atoms with Crippen molar-refractivity contribution in [2.45, 2.75) is 72.6 Å². The molecule has 5 aliphatic carbocycles. The first kappa shape index (κ1) is 22.3. The van der Waals surface area contributed by atoms with Crippen LogP contribution in [-0.4, -0.2) is 33.2 Å². The molecule has 6 heteroatoms. The van der Waals surface area contributed by atoms with E-state index in [4.69, 9.17) is 0 Å². The number of carbonyl (C=O) groups is 3. The molecule has 8 atom stereocenters. The lowest BCUT2D eigenvalue weighted by Crippen LogP contribution is -2.66. The summed E-state index contributed by atoms with van der Waals surface area (Å²) in [5, 5.41) is 30.6. The van der Waals surface area contributed by atoms with Crippen molar-refractivity contribution < 1.29 is 29.7 Å². The van der Waals surface area contributed by atoms with Gasteiger partial charge in [0.05, 0.1) is 17.3 Å². The predicted octanol–water partition coefficient (Wildman–Crippen LogP) is 4.69. The van der Waals surface area contributed by atoms with Gasteiger partial charge >= 0.3 is 17.9 Å². The van der Waals surface area contributed by atoms with E-state index in [2.05, 4.69) is 26.8 Å². The van der Waals surface area contributed by atoms with Crippen LogP contribution in [0.25, 0.3) is 0 Å². The van der Waals surface area contributed by atoms with Crippen LogP contribution < -0.4 is 0 Å². The normalized spacial score (nSPS) is 46.1. The van der Waals surface area contributed by atoms with Crippen molar-refractivity contribution in [1.29, 1.82) is 0 Å². The van der Waals surface area contributed by atoms with Gasteiger partial charge < -0.3 is 15.3 Å². The molecule has 0 saturated heterocycles. The Bertz CT molecular complexity index is 845. The average molecular weight is 433 g/mol. The fourth-order valence-electron chi connectivity index (χ4n) is 8.94. The third-order valence-corrected chi connectivity index (χ3v) is 10.1. The molecule has 0 aromatic carbocycles. The number of allylic oxidation sites excluding steroid dienone is 2. The Morgan fingerprint density at radius 1 is 1.06 bits per heavy atom. The van der Waals surface area contributed by atoms with Crippen LogP contribution in [0.5, 0.6) is 0 Å². The molecule has 0 radical (unpaired) electrons. The molecule has 3 saturated carbocycles. The van der Waals surface area contributed by atoms with Crippen molar-refractivity contribution in [1.82, 2.24) is 0 Å². The zero-order valence-electron chi connectivity index (χ0n) is 19.1. The second-order valence-electron chi connectivity index (χ2n) is 11.3. The summed E-state index contributed by atoms with van der Waals surface area (Å²) in [5.41, 5.74) is -0.664. The van der Waals surface area contributed by atoms with Gasteiger partial charge in [-0.15, -0.1) is 0 Å². The minimum absolute atomic E-state index is 0.000141. The van der Waals surface area contributed by atoms with Gasteiger partial charge in [-0.1, -0.05) is 45.8 Å². The lowest BCUT2D eigenvalue weighted by atomic mass is 9.34. The summed E-state index contributed by atoms with van der Waals surface area (Å²) in [6.45, 7) is 8.28. The van der Waals surface area contributed by atoms with Gasteiger partial charge in [0.15, 0.2) is 0 Å². The molecular weight excluding hydrogens is 396 g/mol. The Morgan fingerprint density at radius 3 is 2.26 bits per heavy atom. The number of hydrogen-bond donors (Lipinski definition) is 3. The van der Waals surface area contributed by atoms with Gasteiger partial charge in [-0.3, -0.25) is 14.4 Å². The van der Waals surface area contributed by atoms with Crippen molar-refractivity contribution in [2.24, 2.45) is 51.8 Å². The average Bonchev–Trinajstić information content (AvgIpc) is 2.70. The maximum absolute atomic E-state index is 12.6. The van der Waals surface area contributed by atoms with Gasteiger partial charge in [0.1, 0.15) is 0 Å². The summed E-state index contributed by atoms with van der Waals surface area (Å²) in [4.78, 5) is 37.4. The minimum atomic E-state index is -1.01. The zero-order chi connectivity index (χ0) is 22.9. The maximum atomic E-state index is 12.6. The van der Waals surface area contributed by atoms with Crippen LogP contribution in [0.4, 0.5) is 0 Å². The van der Waals surface area contributed by atoms with E-state index >= 15 is 0 Å². The summed E-state index contributed by atoms with van der Waals surface area (Å²) in [6, 6.07) is 0. The van der Waals surface area contributed by atoms with Gasteiger partial charge in [-0.2, -0.15) is 0 Å². The van der Waals surface area contributed by atoms with E-state index in [1.165, 1.54) is 0 Å². The SMILES string of the molecule is CCC1(C(=O)O)CCCC2(C)C1CCC13C=C(C(C)C)C(CC21)C(C(=O)O)C3C(=O)O. The number of fused-ring (bicyclic) bond motifs is 2. The first-order chi connectivity index (χ1) is 14.5. The standard InChI is InChI=1S/C25H36O6/c1-5-24(22(30)31)9-6-8-23(4)16(24)7-10-25-12-15(13(2)3)14(11-17(23)25)18(20(26)27)19(25)21(28)29/h12-14,16-19H,5-11H2,1-4H3,(H,26,27)(H,28,29)(H,30,31). The molecule has 0 aromatic rings. The highest BCUT2D eigenvalue weighted by molar-refractivity contribution is 5.83. The summed E-state index contributed by atoms with van der Waals surface area (Å²) >= 11 is 0.